The molecule has 0 radical (unpaired) electrons. The van der Waals surface area contributed by atoms with E-state index in [2.05, 4.69) is 12.2 Å². The van der Waals surface area contributed by atoms with Crippen molar-refractivity contribution in [2.45, 2.75) is 77.4 Å². The van der Waals surface area contributed by atoms with E-state index in [1.165, 1.54) is 12.1 Å². The third-order valence-electron chi connectivity index (χ3n) is 5.78. The molecule has 1 saturated heterocycles. The van der Waals surface area contributed by atoms with E-state index in [9.17, 15) is 19.8 Å². The van der Waals surface area contributed by atoms with Crippen LogP contribution in [0.2, 0.25) is 0 Å². The molecule has 31 heavy (non-hydrogen) atoms. The molecule has 1 aromatic carbocycles. The van der Waals surface area contributed by atoms with Crippen molar-refractivity contribution in [3.8, 4) is 11.5 Å². The fourth-order valence-corrected chi connectivity index (χ4v) is 3.97. The lowest BCUT2D eigenvalue weighted by molar-refractivity contribution is -0.150. The first kappa shape index (κ1) is 22.7. The first-order valence-electron chi connectivity index (χ1n) is 11.1. The van der Waals surface area contributed by atoms with Gasteiger partial charge in [-0.1, -0.05) is 45.6 Å². The molecule has 1 aliphatic rings. The second-order valence-electron chi connectivity index (χ2n) is 8.14. The van der Waals surface area contributed by atoms with E-state index in [-0.39, 0.29) is 36.3 Å². The zero-order valence-electron chi connectivity index (χ0n) is 18.3. The largest absolute Gasteiger partial charge is 0.504 e. The van der Waals surface area contributed by atoms with Gasteiger partial charge < -0.3 is 24.8 Å². The number of nitrogens with zero attached hydrogens (tertiary/aromatic N) is 1. The molecule has 1 aromatic heterocycles. The quantitative estimate of drug-likeness (QED) is 0.396. The van der Waals surface area contributed by atoms with Gasteiger partial charge in [-0.05, 0) is 36.2 Å². The first-order valence-corrected chi connectivity index (χ1v) is 11.1. The number of phenolic OH excluding ortho intramolecular Hbond substituents is 2. The van der Waals surface area contributed by atoms with Crippen LogP contribution >= 0.6 is 0 Å². The molecule has 0 spiro atoms. The van der Waals surface area contributed by atoms with Crippen LogP contribution in [0.15, 0.2) is 34.7 Å². The fourth-order valence-electron chi connectivity index (χ4n) is 3.97. The summed E-state index contributed by atoms with van der Waals surface area (Å²) >= 11 is 0. The molecule has 2 aromatic rings. The van der Waals surface area contributed by atoms with Gasteiger partial charge in [0.15, 0.2) is 11.5 Å². The topological polar surface area (TPSA) is 103 Å². The molecule has 0 aliphatic carbocycles. The van der Waals surface area contributed by atoms with Crippen molar-refractivity contribution in [3.05, 3.63) is 47.4 Å². The Morgan fingerprint density at radius 2 is 1.77 bits per heavy atom. The summed E-state index contributed by atoms with van der Waals surface area (Å²) in [6, 6.07) is 6.92. The lowest BCUT2D eigenvalue weighted by atomic mass is 9.96. The normalized spacial score (nSPS) is 19.0. The number of aromatic hydroxyl groups is 2. The van der Waals surface area contributed by atoms with Crippen molar-refractivity contribution >= 4 is 11.8 Å². The van der Waals surface area contributed by atoms with Crippen LogP contribution < -0.4 is 5.32 Å². The molecular formula is C24H32N2O5. The minimum absolute atomic E-state index is 0.112. The van der Waals surface area contributed by atoms with Gasteiger partial charge in [-0.3, -0.25) is 9.59 Å². The van der Waals surface area contributed by atoms with Crippen LogP contribution in [0.25, 0.3) is 0 Å². The minimum atomic E-state index is -0.724. The predicted octanol–water partition coefficient (Wildman–Crippen LogP) is 3.66. The number of rotatable bonds is 10. The Morgan fingerprint density at radius 1 is 1.00 bits per heavy atom. The third kappa shape index (κ3) is 5.60. The monoisotopic (exact) mass is 428 g/mol. The highest BCUT2D eigenvalue weighted by atomic mass is 16.3. The van der Waals surface area contributed by atoms with Gasteiger partial charge >= 0.3 is 0 Å². The van der Waals surface area contributed by atoms with Crippen LogP contribution in [0.3, 0.4) is 0 Å². The van der Waals surface area contributed by atoms with Crippen molar-refractivity contribution in [2.75, 3.05) is 0 Å². The number of aryl methyl sites for hydroxylation is 1. The number of phenols is 2. The number of furan rings is 1. The zero-order chi connectivity index (χ0) is 22.4. The molecule has 2 atom stereocenters. The summed E-state index contributed by atoms with van der Waals surface area (Å²) in [7, 11) is 0. The van der Waals surface area contributed by atoms with Gasteiger partial charge in [0.2, 0.25) is 11.8 Å². The van der Waals surface area contributed by atoms with E-state index < -0.39 is 12.1 Å². The molecule has 7 heteroatoms. The van der Waals surface area contributed by atoms with E-state index >= 15 is 0 Å². The predicted molar refractivity (Wildman–Crippen MR) is 117 cm³/mol. The van der Waals surface area contributed by atoms with Gasteiger partial charge in [0.05, 0.1) is 6.54 Å². The molecule has 3 rings (SSSR count). The van der Waals surface area contributed by atoms with Crippen molar-refractivity contribution in [1.29, 1.82) is 0 Å². The van der Waals surface area contributed by atoms with E-state index in [0.717, 1.165) is 37.9 Å². The molecule has 0 saturated carbocycles. The Bertz CT molecular complexity index is 907. The Kier molecular flexibility index (Phi) is 7.60. The van der Waals surface area contributed by atoms with E-state index in [1.807, 2.05) is 19.1 Å². The maximum atomic E-state index is 13.3. The summed E-state index contributed by atoms with van der Waals surface area (Å²) in [5.74, 6) is 0.676. The Morgan fingerprint density at radius 3 is 2.45 bits per heavy atom. The number of nitrogens with one attached hydrogen (secondary N) is 1. The van der Waals surface area contributed by atoms with Crippen LogP contribution in [0, 0.1) is 0 Å². The SMILES string of the molecule is CCCCCCC1NC(=O)C(Cc2ccc(O)c(O)c2)N(Cc2ccc(CC)o2)C1=O. The molecule has 2 amide bonds. The summed E-state index contributed by atoms with van der Waals surface area (Å²) in [5.41, 5.74) is 0.656. The van der Waals surface area contributed by atoms with Gasteiger partial charge in [-0.25, -0.2) is 0 Å². The summed E-state index contributed by atoms with van der Waals surface area (Å²) in [6.07, 6.45) is 5.74. The van der Waals surface area contributed by atoms with Gasteiger partial charge in [-0.15, -0.1) is 0 Å². The number of carbonyl (C=O) groups excluding carboxylic acids is 2. The number of hydrogen-bond donors (Lipinski definition) is 3. The molecule has 2 unspecified atom stereocenters. The van der Waals surface area contributed by atoms with Crippen molar-refractivity contribution in [1.82, 2.24) is 10.2 Å². The van der Waals surface area contributed by atoms with Gasteiger partial charge in [-0.2, -0.15) is 0 Å². The molecule has 3 N–H and O–H groups in total. The Labute approximate surface area is 183 Å². The molecule has 1 fully saturated rings. The Balaban J connectivity index is 1.81. The van der Waals surface area contributed by atoms with Crippen LogP contribution in [0.5, 0.6) is 11.5 Å². The van der Waals surface area contributed by atoms with E-state index in [4.69, 9.17) is 4.42 Å². The summed E-state index contributed by atoms with van der Waals surface area (Å²) < 4.78 is 5.80. The number of amides is 2. The molecule has 7 nitrogen and oxygen atoms in total. The minimum Gasteiger partial charge on any atom is -0.504 e. The third-order valence-corrected chi connectivity index (χ3v) is 5.78. The van der Waals surface area contributed by atoms with Crippen LogP contribution in [0.4, 0.5) is 0 Å². The fraction of sp³-hybridized carbons (Fsp3) is 0.500. The van der Waals surface area contributed by atoms with Crippen molar-refractivity contribution in [3.63, 3.8) is 0 Å². The molecule has 168 valence electrons. The Hall–Kier alpha value is -2.96. The highest BCUT2D eigenvalue weighted by Crippen LogP contribution is 2.27. The lowest BCUT2D eigenvalue weighted by Gasteiger charge is -2.38. The summed E-state index contributed by atoms with van der Waals surface area (Å²) in [4.78, 5) is 27.9. The zero-order valence-corrected chi connectivity index (χ0v) is 18.3. The summed E-state index contributed by atoms with van der Waals surface area (Å²) in [5, 5.41) is 22.3. The lowest BCUT2D eigenvalue weighted by Crippen LogP contribution is -2.63. The average molecular weight is 429 g/mol. The van der Waals surface area contributed by atoms with Gasteiger partial charge in [0.25, 0.3) is 0 Å². The number of benzene rings is 1. The summed E-state index contributed by atoms with van der Waals surface area (Å²) in [6.45, 7) is 4.34. The van der Waals surface area contributed by atoms with Crippen LogP contribution in [-0.4, -0.2) is 39.0 Å². The number of unbranched alkanes of at least 4 members (excludes halogenated alkanes) is 3. The van der Waals surface area contributed by atoms with Crippen molar-refractivity contribution in [2.24, 2.45) is 0 Å². The molecule has 0 bridgehead atoms. The number of piperazine rings is 1. The van der Waals surface area contributed by atoms with Gasteiger partial charge in [0, 0.05) is 12.8 Å². The molecular weight excluding hydrogens is 396 g/mol. The standard InChI is InChI=1S/C24H32N2O5/c1-3-5-6-7-8-19-24(30)26(15-18-11-10-17(4-2)31-18)20(23(29)25-19)13-16-9-12-21(27)22(28)14-16/h9-12,14,19-20,27-28H,3-8,13,15H2,1-2H3,(H,25,29). The van der Waals surface area contributed by atoms with E-state index in [1.54, 1.807) is 11.0 Å². The molecule has 2 heterocycles. The van der Waals surface area contributed by atoms with Crippen molar-refractivity contribution < 1.29 is 24.2 Å². The van der Waals surface area contributed by atoms with Crippen LogP contribution in [0.1, 0.15) is 63.0 Å². The highest BCUT2D eigenvalue weighted by molar-refractivity contribution is 5.97. The number of hydrogen-bond acceptors (Lipinski definition) is 5. The van der Waals surface area contributed by atoms with Gasteiger partial charge in [0.1, 0.15) is 23.6 Å². The maximum Gasteiger partial charge on any atom is 0.246 e. The van der Waals surface area contributed by atoms with E-state index in [0.29, 0.717) is 17.7 Å². The van der Waals surface area contributed by atoms with Crippen LogP contribution in [-0.2, 0) is 29.0 Å². The maximum absolute atomic E-state index is 13.3. The molecule has 1 aliphatic heterocycles. The first-order chi connectivity index (χ1) is 14.9. The smallest absolute Gasteiger partial charge is 0.246 e. The second-order valence-corrected chi connectivity index (χ2v) is 8.14. The average Bonchev–Trinajstić information content (AvgIpc) is 3.21. The second kappa shape index (κ2) is 10.4. The number of carbonyl (C=O) groups is 2. The highest BCUT2D eigenvalue weighted by Gasteiger charge is 2.40.